The van der Waals surface area contributed by atoms with E-state index in [0.29, 0.717) is 23.7 Å². The zero-order valence-corrected chi connectivity index (χ0v) is 30.8. The fourth-order valence-corrected chi connectivity index (χ4v) is 7.09. The highest BCUT2D eigenvalue weighted by Gasteiger charge is 2.33. The molecule has 13 heteroatoms. The minimum absolute atomic E-state index is 0.0471. The molecule has 0 fully saturated rings. The summed E-state index contributed by atoms with van der Waals surface area (Å²) >= 11 is 0. The van der Waals surface area contributed by atoms with Crippen molar-refractivity contribution in [2.45, 2.75) is 84.9 Å². The lowest BCUT2D eigenvalue weighted by atomic mass is 9.88. The number of nitrogens with zero attached hydrogens (tertiary/aromatic N) is 6. The molecule has 0 spiro atoms. The van der Waals surface area contributed by atoms with Crippen molar-refractivity contribution in [3.8, 4) is 22.9 Å². The van der Waals surface area contributed by atoms with E-state index in [0.717, 1.165) is 27.4 Å². The summed E-state index contributed by atoms with van der Waals surface area (Å²) in [5, 5.41) is 0. The molecule has 0 aliphatic carbocycles. The number of ether oxygens (including phenoxy) is 3. The molecule has 4 bridgehead atoms. The van der Waals surface area contributed by atoms with Crippen molar-refractivity contribution >= 4 is 21.9 Å². The van der Waals surface area contributed by atoms with E-state index in [4.69, 9.17) is 19.2 Å². The maximum atomic E-state index is 14.5. The molecular formula is C37H46N6O6S. The van der Waals surface area contributed by atoms with Crippen LogP contribution in [0.5, 0.6) is 11.6 Å². The second-order valence-corrected chi connectivity index (χ2v) is 15.8. The van der Waals surface area contributed by atoms with Gasteiger partial charge in [0.15, 0.2) is 5.75 Å². The van der Waals surface area contributed by atoms with Crippen molar-refractivity contribution < 1.29 is 27.4 Å². The largest absolute Gasteiger partial charge is 0.488 e. The number of aromatic nitrogens is 4. The van der Waals surface area contributed by atoms with Gasteiger partial charge in [-0.25, -0.2) is 27.7 Å². The third-order valence-electron chi connectivity index (χ3n) is 8.28. The fraction of sp³-hybridized carbons (Fsp3) is 0.432. The minimum atomic E-state index is -4.32. The van der Waals surface area contributed by atoms with Gasteiger partial charge in [-0.3, -0.25) is 4.79 Å². The Hall–Kier alpha value is -4.62. The second kappa shape index (κ2) is 15.1. The molecule has 3 heterocycles. The Morgan fingerprint density at radius 1 is 1.00 bits per heavy atom. The topological polar surface area (TPSA) is 137 Å². The molecule has 0 unspecified atom stereocenters. The molecule has 5 rings (SSSR count). The summed E-state index contributed by atoms with van der Waals surface area (Å²) in [6.07, 6.45) is 4.47. The molecular weight excluding hydrogens is 657 g/mol. The number of carbonyl (C=O) groups is 1. The molecule has 1 amide bonds. The van der Waals surface area contributed by atoms with Crippen molar-refractivity contribution in [3.63, 3.8) is 0 Å². The molecule has 4 aromatic rings. The third kappa shape index (κ3) is 8.56. The van der Waals surface area contributed by atoms with Gasteiger partial charge in [0.05, 0.1) is 41.7 Å². The highest BCUT2D eigenvalue weighted by atomic mass is 32.2. The van der Waals surface area contributed by atoms with Crippen LogP contribution in [0.2, 0.25) is 0 Å². The number of rotatable bonds is 9. The lowest BCUT2D eigenvalue weighted by Gasteiger charge is -2.33. The van der Waals surface area contributed by atoms with Crippen LogP contribution < -0.4 is 13.8 Å². The van der Waals surface area contributed by atoms with E-state index in [9.17, 15) is 13.2 Å². The van der Waals surface area contributed by atoms with Crippen LogP contribution in [0, 0.1) is 19.3 Å². The van der Waals surface area contributed by atoms with Crippen LogP contribution in [0.1, 0.15) is 74.8 Å². The smallest absolute Gasteiger partial charge is 0.268 e. The van der Waals surface area contributed by atoms with E-state index in [1.165, 1.54) is 19.2 Å². The van der Waals surface area contributed by atoms with Crippen LogP contribution in [-0.4, -0.2) is 71.8 Å². The Morgan fingerprint density at radius 2 is 1.68 bits per heavy atom. The number of anilines is 1. The summed E-state index contributed by atoms with van der Waals surface area (Å²) in [4.78, 5) is 34.4. The van der Waals surface area contributed by atoms with Gasteiger partial charge >= 0.3 is 0 Å². The molecule has 0 radical (unpaired) electrons. The number of methoxy groups -OCH3 is 1. The van der Waals surface area contributed by atoms with Crippen molar-refractivity contribution in [1.82, 2.24) is 24.8 Å². The Kier molecular flexibility index (Phi) is 11.1. The molecule has 0 saturated heterocycles. The SMILES string of the molecule is COCN1c2nc(cc(-c3c(C)cccc3C)n2)OC[C@@H](CCC(C)(C)C)N(Cc2ncc(OC(C)C)cn2)C(=O)c2cccc(c2)S1(=O)=O. The number of benzene rings is 2. The van der Waals surface area contributed by atoms with Gasteiger partial charge in [-0.15, -0.1) is 0 Å². The highest BCUT2D eigenvalue weighted by molar-refractivity contribution is 7.92. The Bertz CT molecular complexity index is 1910. The first-order valence-corrected chi connectivity index (χ1v) is 18.1. The lowest BCUT2D eigenvalue weighted by molar-refractivity contribution is 0.0545. The quantitative estimate of drug-likeness (QED) is 0.194. The Labute approximate surface area is 294 Å². The number of carbonyl (C=O) groups excluding carboxylic acids is 1. The van der Waals surface area contributed by atoms with Crippen molar-refractivity contribution in [1.29, 1.82) is 0 Å². The van der Waals surface area contributed by atoms with Gasteiger partial charge in [0, 0.05) is 24.3 Å². The van der Waals surface area contributed by atoms with E-state index >= 15 is 0 Å². The highest BCUT2D eigenvalue weighted by Crippen LogP contribution is 2.33. The first kappa shape index (κ1) is 36.7. The number of hydrogen-bond acceptors (Lipinski definition) is 10. The maximum absolute atomic E-state index is 14.5. The van der Waals surface area contributed by atoms with Crippen LogP contribution in [0.25, 0.3) is 11.3 Å². The normalized spacial score (nSPS) is 16.3. The Morgan fingerprint density at radius 3 is 2.32 bits per heavy atom. The fourth-order valence-electron chi connectivity index (χ4n) is 5.77. The third-order valence-corrected chi connectivity index (χ3v) is 9.98. The van der Waals surface area contributed by atoms with Crippen LogP contribution in [0.3, 0.4) is 0 Å². The molecule has 0 saturated carbocycles. The van der Waals surface area contributed by atoms with Gasteiger partial charge in [0.2, 0.25) is 11.8 Å². The number of hydrogen-bond donors (Lipinski definition) is 0. The summed E-state index contributed by atoms with van der Waals surface area (Å²) in [7, 11) is -2.93. The van der Waals surface area contributed by atoms with Crippen molar-refractivity contribution in [2.24, 2.45) is 5.41 Å². The molecule has 2 aromatic heterocycles. The van der Waals surface area contributed by atoms with Crippen LogP contribution in [-0.2, 0) is 21.3 Å². The monoisotopic (exact) mass is 702 g/mol. The number of amides is 1. The van der Waals surface area contributed by atoms with Gasteiger partial charge in [-0.05, 0) is 75.3 Å². The number of sulfonamides is 1. The number of aryl methyl sites for hydroxylation is 2. The number of fused-ring (bicyclic) bond motifs is 4. The molecule has 1 atom stereocenters. The predicted octanol–water partition coefficient (Wildman–Crippen LogP) is 6.37. The van der Waals surface area contributed by atoms with E-state index in [-0.39, 0.29) is 59.6 Å². The van der Waals surface area contributed by atoms with E-state index < -0.39 is 16.1 Å². The first-order chi connectivity index (χ1) is 23.7. The lowest BCUT2D eigenvalue weighted by Crippen LogP contribution is -2.44. The predicted molar refractivity (Wildman–Crippen MR) is 191 cm³/mol. The van der Waals surface area contributed by atoms with Gasteiger partial charge in [0.1, 0.15) is 19.2 Å². The second-order valence-electron chi connectivity index (χ2n) is 14.0. The standard InChI is InChI=1S/C37H46N6O6S/c1-24(2)49-29-19-38-32(39-20-29)21-42-28(15-16-37(5,6)7)22-48-33-18-31(34-25(3)11-9-12-26(34)4)40-36(41-33)43(23-47-8)50(45,46)30-14-10-13-27(17-30)35(42)44/h9-14,17-20,24,28H,15-16,21-23H2,1-8H3/t28-/m1/s1. The van der Waals surface area contributed by atoms with Crippen LogP contribution in [0.15, 0.2) is 65.8 Å². The Balaban J connectivity index is 1.69. The summed E-state index contributed by atoms with van der Waals surface area (Å²) in [5.41, 5.74) is 3.39. The average Bonchev–Trinajstić information content (AvgIpc) is 3.06. The summed E-state index contributed by atoms with van der Waals surface area (Å²) in [6.45, 7) is 13.9. The zero-order valence-electron chi connectivity index (χ0n) is 30.0. The molecule has 12 nitrogen and oxygen atoms in total. The maximum Gasteiger partial charge on any atom is 0.268 e. The van der Waals surface area contributed by atoms with Gasteiger partial charge in [-0.1, -0.05) is 45.0 Å². The van der Waals surface area contributed by atoms with Crippen LogP contribution in [0.4, 0.5) is 5.95 Å². The molecule has 1 aliphatic heterocycles. The van der Waals surface area contributed by atoms with Crippen LogP contribution >= 0.6 is 0 Å². The van der Waals surface area contributed by atoms with Gasteiger partial charge in [-0.2, -0.15) is 4.98 Å². The molecule has 266 valence electrons. The van der Waals surface area contributed by atoms with E-state index in [1.54, 1.807) is 35.5 Å². The summed E-state index contributed by atoms with van der Waals surface area (Å²) in [6, 6.07) is 13.1. The molecule has 2 aromatic carbocycles. The average molecular weight is 703 g/mol. The molecule has 50 heavy (non-hydrogen) atoms. The summed E-state index contributed by atoms with van der Waals surface area (Å²) < 4.78 is 47.1. The molecule has 0 N–H and O–H groups in total. The van der Waals surface area contributed by atoms with E-state index in [1.807, 2.05) is 45.9 Å². The minimum Gasteiger partial charge on any atom is -0.488 e. The first-order valence-electron chi connectivity index (χ1n) is 16.6. The van der Waals surface area contributed by atoms with Gasteiger partial charge < -0.3 is 19.1 Å². The van der Waals surface area contributed by atoms with E-state index in [2.05, 4.69) is 35.7 Å². The van der Waals surface area contributed by atoms with Gasteiger partial charge in [0.25, 0.3) is 15.9 Å². The van der Waals surface area contributed by atoms with Crippen molar-refractivity contribution in [3.05, 3.63) is 83.4 Å². The van der Waals surface area contributed by atoms with Crippen molar-refractivity contribution in [2.75, 3.05) is 24.8 Å². The summed E-state index contributed by atoms with van der Waals surface area (Å²) in [5.74, 6) is 0.580. The molecule has 1 aliphatic rings. The zero-order chi connectivity index (χ0) is 36.2.